The molecule has 0 saturated heterocycles. The first-order valence-corrected chi connectivity index (χ1v) is 5.89. The zero-order chi connectivity index (χ0) is 15.1. The summed E-state index contributed by atoms with van der Waals surface area (Å²) in [6.45, 7) is 1.55. The summed E-state index contributed by atoms with van der Waals surface area (Å²) < 4.78 is 4.93. The van der Waals surface area contributed by atoms with E-state index in [2.05, 4.69) is 10.6 Å². The van der Waals surface area contributed by atoms with Crippen molar-refractivity contribution < 1.29 is 24.2 Å². The number of methoxy groups -OCH3 is 1. The van der Waals surface area contributed by atoms with Gasteiger partial charge in [-0.1, -0.05) is 0 Å². The van der Waals surface area contributed by atoms with E-state index >= 15 is 0 Å². The summed E-state index contributed by atoms with van der Waals surface area (Å²) in [7, 11) is 1.42. The van der Waals surface area contributed by atoms with Gasteiger partial charge in [0.05, 0.1) is 18.4 Å². The monoisotopic (exact) mass is 280 g/mol. The fourth-order valence-electron chi connectivity index (χ4n) is 1.50. The van der Waals surface area contributed by atoms with Gasteiger partial charge in [-0.05, 0) is 18.2 Å². The number of carboxylic acid groups (broad SMARTS) is 1. The smallest absolute Gasteiger partial charge is 0.337 e. The van der Waals surface area contributed by atoms with Crippen molar-refractivity contribution in [1.29, 1.82) is 0 Å². The van der Waals surface area contributed by atoms with Crippen LogP contribution in [0.4, 0.5) is 5.69 Å². The highest BCUT2D eigenvalue weighted by Crippen LogP contribution is 2.22. The van der Waals surface area contributed by atoms with Crippen molar-refractivity contribution in [1.82, 2.24) is 5.32 Å². The molecule has 0 aliphatic carbocycles. The molecule has 7 heteroatoms. The summed E-state index contributed by atoms with van der Waals surface area (Å²) in [5.41, 5.74) is 0.128. The number of carbonyl (C=O) groups excluding carboxylic acids is 2. The maximum atomic E-state index is 11.6. The van der Waals surface area contributed by atoms with E-state index in [0.717, 1.165) is 0 Å². The fraction of sp³-hybridized carbons (Fsp3) is 0.308. The van der Waals surface area contributed by atoms with Crippen molar-refractivity contribution >= 4 is 23.5 Å². The second-order valence-electron chi connectivity index (χ2n) is 4.00. The third kappa shape index (κ3) is 4.60. The van der Waals surface area contributed by atoms with Gasteiger partial charge in [-0.3, -0.25) is 9.59 Å². The van der Waals surface area contributed by atoms with Crippen molar-refractivity contribution in [3.8, 4) is 5.75 Å². The normalized spacial score (nSPS) is 9.70. The molecule has 1 aromatic rings. The molecule has 3 N–H and O–H groups in total. The molecule has 0 spiro atoms. The molecule has 7 nitrogen and oxygen atoms in total. The Morgan fingerprint density at radius 2 is 2.00 bits per heavy atom. The highest BCUT2D eigenvalue weighted by Gasteiger charge is 2.13. The van der Waals surface area contributed by atoms with Crippen LogP contribution in [0.15, 0.2) is 18.2 Å². The van der Waals surface area contributed by atoms with Gasteiger partial charge in [-0.15, -0.1) is 0 Å². The molecule has 1 aromatic carbocycles. The van der Waals surface area contributed by atoms with Crippen molar-refractivity contribution in [2.24, 2.45) is 0 Å². The zero-order valence-corrected chi connectivity index (χ0v) is 11.2. The average Bonchev–Trinajstić information content (AvgIpc) is 2.38. The number of anilines is 1. The minimum Gasteiger partial charge on any atom is -0.497 e. The summed E-state index contributed by atoms with van der Waals surface area (Å²) in [6.07, 6.45) is 0.0602. The van der Waals surface area contributed by atoms with Crippen molar-refractivity contribution in [3.63, 3.8) is 0 Å². The molecule has 20 heavy (non-hydrogen) atoms. The van der Waals surface area contributed by atoms with E-state index in [9.17, 15) is 14.4 Å². The van der Waals surface area contributed by atoms with Gasteiger partial charge in [-0.25, -0.2) is 4.79 Å². The highest BCUT2D eigenvalue weighted by atomic mass is 16.5. The molecular formula is C13H16N2O5. The van der Waals surface area contributed by atoms with Gasteiger partial charge in [0.15, 0.2) is 0 Å². The predicted molar refractivity (Wildman–Crippen MR) is 71.9 cm³/mol. The molecule has 0 unspecified atom stereocenters. The van der Waals surface area contributed by atoms with Gasteiger partial charge >= 0.3 is 5.97 Å². The third-order valence-corrected chi connectivity index (χ3v) is 2.46. The van der Waals surface area contributed by atoms with Crippen LogP contribution >= 0.6 is 0 Å². The lowest BCUT2D eigenvalue weighted by molar-refractivity contribution is -0.119. The van der Waals surface area contributed by atoms with Gasteiger partial charge in [0.2, 0.25) is 11.8 Å². The molecule has 0 bridgehead atoms. The molecule has 0 atom stereocenters. The Morgan fingerprint density at radius 3 is 2.55 bits per heavy atom. The third-order valence-electron chi connectivity index (χ3n) is 2.46. The minimum absolute atomic E-state index is 0.0581. The van der Waals surface area contributed by atoms with Gasteiger partial charge < -0.3 is 20.5 Å². The lowest BCUT2D eigenvalue weighted by Crippen LogP contribution is -2.25. The number of rotatable bonds is 6. The Labute approximate surface area is 115 Å². The first-order chi connectivity index (χ1) is 9.43. The van der Waals surface area contributed by atoms with Crippen molar-refractivity contribution in [2.45, 2.75) is 13.3 Å². The van der Waals surface area contributed by atoms with Crippen LogP contribution in [-0.2, 0) is 9.59 Å². The van der Waals surface area contributed by atoms with E-state index in [-0.39, 0.29) is 36.0 Å². The van der Waals surface area contributed by atoms with Crippen LogP contribution in [0.25, 0.3) is 0 Å². The number of nitrogens with one attached hydrogen (secondary N) is 2. The Kier molecular flexibility index (Phi) is 5.52. The van der Waals surface area contributed by atoms with Crippen LogP contribution in [0.2, 0.25) is 0 Å². The van der Waals surface area contributed by atoms with E-state index in [1.54, 1.807) is 6.07 Å². The summed E-state index contributed by atoms with van der Waals surface area (Å²) in [6, 6.07) is 4.33. The summed E-state index contributed by atoms with van der Waals surface area (Å²) in [5.74, 6) is -1.39. The Balaban J connectivity index is 2.73. The standard InChI is InChI=1S/C13H16N2O5/c1-8(16)14-6-5-12(17)15-11-4-3-9(20-2)7-10(11)13(18)19/h3-4,7H,5-6H2,1-2H3,(H,14,16)(H,15,17)(H,18,19). The molecule has 0 aromatic heterocycles. The van der Waals surface area contributed by atoms with Gasteiger partial charge in [-0.2, -0.15) is 0 Å². The molecule has 108 valence electrons. The summed E-state index contributed by atoms with van der Waals surface area (Å²) >= 11 is 0. The number of hydrogen-bond donors (Lipinski definition) is 3. The van der Waals surface area contributed by atoms with Gasteiger partial charge in [0, 0.05) is 19.9 Å². The zero-order valence-electron chi connectivity index (χ0n) is 11.2. The van der Waals surface area contributed by atoms with Gasteiger partial charge in [0.1, 0.15) is 5.75 Å². The Bertz CT molecular complexity index is 527. The largest absolute Gasteiger partial charge is 0.497 e. The van der Waals surface area contributed by atoms with Gasteiger partial charge in [0.25, 0.3) is 0 Å². The molecular weight excluding hydrogens is 264 g/mol. The first-order valence-electron chi connectivity index (χ1n) is 5.89. The summed E-state index contributed by atoms with van der Waals surface area (Å²) in [4.78, 5) is 33.4. The maximum absolute atomic E-state index is 11.6. The van der Waals surface area contributed by atoms with Crippen LogP contribution in [0.5, 0.6) is 5.75 Å². The molecule has 0 heterocycles. The quantitative estimate of drug-likeness (QED) is 0.716. The van der Waals surface area contributed by atoms with Crippen LogP contribution in [0.3, 0.4) is 0 Å². The topological polar surface area (TPSA) is 105 Å². The van der Waals surface area contributed by atoms with Crippen LogP contribution < -0.4 is 15.4 Å². The lowest BCUT2D eigenvalue weighted by atomic mass is 10.1. The van der Waals surface area contributed by atoms with E-state index in [1.165, 1.54) is 26.2 Å². The number of hydrogen-bond acceptors (Lipinski definition) is 4. The number of carboxylic acids is 1. The lowest BCUT2D eigenvalue weighted by Gasteiger charge is -2.10. The number of ether oxygens (including phenoxy) is 1. The van der Waals surface area contributed by atoms with Crippen LogP contribution in [0, 0.1) is 0 Å². The minimum atomic E-state index is -1.17. The van der Waals surface area contributed by atoms with E-state index in [1.807, 2.05) is 0 Å². The number of amides is 2. The molecule has 0 saturated carbocycles. The predicted octanol–water partition coefficient (Wildman–Crippen LogP) is 0.858. The maximum Gasteiger partial charge on any atom is 0.337 e. The highest BCUT2D eigenvalue weighted by molar-refractivity contribution is 6.00. The molecule has 0 aliphatic heterocycles. The van der Waals surface area contributed by atoms with Crippen LogP contribution in [0.1, 0.15) is 23.7 Å². The summed E-state index contributed by atoms with van der Waals surface area (Å²) in [5, 5.41) is 14.1. The number of benzene rings is 1. The van der Waals surface area contributed by atoms with Crippen LogP contribution in [-0.4, -0.2) is 36.5 Å². The Morgan fingerprint density at radius 1 is 1.30 bits per heavy atom. The second-order valence-corrected chi connectivity index (χ2v) is 4.00. The average molecular weight is 280 g/mol. The second kappa shape index (κ2) is 7.13. The fourth-order valence-corrected chi connectivity index (χ4v) is 1.50. The van der Waals surface area contributed by atoms with Crippen molar-refractivity contribution in [2.75, 3.05) is 19.0 Å². The number of aromatic carboxylic acids is 1. The molecule has 2 amide bonds. The molecule has 0 fully saturated rings. The van der Waals surface area contributed by atoms with E-state index in [0.29, 0.717) is 5.75 Å². The Hall–Kier alpha value is -2.57. The molecule has 0 aliphatic rings. The van der Waals surface area contributed by atoms with E-state index in [4.69, 9.17) is 9.84 Å². The van der Waals surface area contributed by atoms with E-state index < -0.39 is 5.97 Å². The molecule has 1 rings (SSSR count). The number of carbonyl (C=O) groups is 3. The van der Waals surface area contributed by atoms with Crippen molar-refractivity contribution in [3.05, 3.63) is 23.8 Å². The first kappa shape index (κ1) is 15.5. The SMILES string of the molecule is COc1ccc(NC(=O)CCNC(C)=O)c(C(=O)O)c1. The molecule has 0 radical (unpaired) electrons.